The third-order valence-electron chi connectivity index (χ3n) is 4.25. The monoisotopic (exact) mass is 329 g/mol. The molecule has 120 valence electrons. The van der Waals surface area contributed by atoms with Crippen LogP contribution in [0, 0.1) is 5.92 Å². The van der Waals surface area contributed by atoms with Crippen molar-refractivity contribution in [2.75, 3.05) is 11.9 Å². The molecular weight excluding hydrogens is 310 g/mol. The summed E-state index contributed by atoms with van der Waals surface area (Å²) in [5, 5.41) is 12.4. The molecule has 0 bridgehead atoms. The average molecular weight is 329 g/mol. The maximum absolute atomic E-state index is 12.2. The van der Waals surface area contributed by atoms with Crippen molar-refractivity contribution < 1.29 is 14.7 Å². The number of hydrogen-bond donors (Lipinski definition) is 2. The van der Waals surface area contributed by atoms with Crippen LogP contribution in [0.4, 0.5) is 5.69 Å². The van der Waals surface area contributed by atoms with Gasteiger partial charge in [0, 0.05) is 10.8 Å². The molecule has 1 saturated carbocycles. The Labute approximate surface area is 139 Å². The Balaban J connectivity index is 1.76. The molecule has 2 aromatic rings. The number of carboxylic acid groups (broad SMARTS) is 1. The van der Waals surface area contributed by atoms with Gasteiger partial charge in [-0.05, 0) is 24.5 Å². The minimum Gasteiger partial charge on any atom is -0.477 e. The van der Waals surface area contributed by atoms with Crippen molar-refractivity contribution in [3.05, 3.63) is 41.3 Å². The molecule has 2 N–H and O–H groups in total. The van der Waals surface area contributed by atoms with Crippen LogP contribution in [-0.2, 0) is 4.79 Å². The summed E-state index contributed by atoms with van der Waals surface area (Å²) in [6, 6.07) is 11.5. The van der Waals surface area contributed by atoms with Gasteiger partial charge in [-0.1, -0.05) is 43.2 Å². The maximum Gasteiger partial charge on any atom is 0.348 e. The molecule has 1 aliphatic carbocycles. The summed E-state index contributed by atoms with van der Waals surface area (Å²) in [5.41, 5.74) is 1.52. The highest BCUT2D eigenvalue weighted by atomic mass is 32.1. The number of anilines is 1. The van der Waals surface area contributed by atoms with Crippen LogP contribution >= 0.6 is 11.3 Å². The third kappa shape index (κ3) is 3.62. The van der Waals surface area contributed by atoms with Crippen LogP contribution in [0.25, 0.3) is 10.4 Å². The molecule has 0 saturated heterocycles. The molecule has 0 unspecified atom stereocenters. The number of Topliss-reactive ketones (excluding diaryl/α,β-unsaturated/α-hetero) is 1. The summed E-state index contributed by atoms with van der Waals surface area (Å²) in [6.45, 7) is 0.204. The van der Waals surface area contributed by atoms with Crippen molar-refractivity contribution in [3.63, 3.8) is 0 Å². The van der Waals surface area contributed by atoms with Gasteiger partial charge in [0.05, 0.1) is 12.2 Å². The average Bonchev–Trinajstić information content (AvgIpc) is 3.23. The molecule has 3 rings (SSSR count). The van der Waals surface area contributed by atoms with E-state index in [1.165, 1.54) is 11.3 Å². The molecule has 4 nitrogen and oxygen atoms in total. The van der Waals surface area contributed by atoms with E-state index in [2.05, 4.69) is 5.32 Å². The van der Waals surface area contributed by atoms with Gasteiger partial charge in [0.2, 0.25) is 0 Å². The van der Waals surface area contributed by atoms with Gasteiger partial charge >= 0.3 is 5.97 Å². The lowest BCUT2D eigenvalue weighted by molar-refractivity contribution is -0.120. The minimum atomic E-state index is -0.965. The second-order valence-electron chi connectivity index (χ2n) is 5.83. The van der Waals surface area contributed by atoms with E-state index in [0.29, 0.717) is 5.69 Å². The summed E-state index contributed by atoms with van der Waals surface area (Å²) in [7, 11) is 0. The fourth-order valence-electron chi connectivity index (χ4n) is 3.00. The van der Waals surface area contributed by atoms with Gasteiger partial charge in [0.1, 0.15) is 4.88 Å². The Hall–Kier alpha value is -2.14. The lowest BCUT2D eigenvalue weighted by atomic mass is 10.0. The normalized spacial score (nSPS) is 14.8. The van der Waals surface area contributed by atoms with Crippen molar-refractivity contribution in [2.45, 2.75) is 25.7 Å². The zero-order chi connectivity index (χ0) is 16.2. The highest BCUT2D eigenvalue weighted by Crippen LogP contribution is 2.35. The van der Waals surface area contributed by atoms with Crippen molar-refractivity contribution in [3.8, 4) is 10.4 Å². The first-order chi connectivity index (χ1) is 11.1. The van der Waals surface area contributed by atoms with E-state index < -0.39 is 5.97 Å². The lowest BCUT2D eigenvalue weighted by Gasteiger charge is -2.09. The molecule has 0 radical (unpaired) electrons. The summed E-state index contributed by atoms with van der Waals surface area (Å²) in [6.07, 6.45) is 4.16. The fourth-order valence-corrected chi connectivity index (χ4v) is 3.98. The highest BCUT2D eigenvalue weighted by molar-refractivity contribution is 7.18. The van der Waals surface area contributed by atoms with Gasteiger partial charge < -0.3 is 10.4 Å². The Morgan fingerprint density at radius 2 is 1.87 bits per heavy atom. The number of aromatic carboxylic acids is 1. The van der Waals surface area contributed by atoms with Crippen molar-refractivity contribution >= 4 is 28.8 Å². The maximum atomic E-state index is 12.2. The number of benzene rings is 1. The van der Waals surface area contributed by atoms with Crippen molar-refractivity contribution in [2.24, 2.45) is 5.92 Å². The van der Waals surface area contributed by atoms with Gasteiger partial charge in [-0.15, -0.1) is 11.3 Å². The van der Waals surface area contributed by atoms with E-state index in [9.17, 15) is 14.7 Å². The van der Waals surface area contributed by atoms with Crippen LogP contribution < -0.4 is 5.32 Å². The lowest BCUT2D eigenvalue weighted by Crippen LogP contribution is -2.21. The molecule has 5 heteroatoms. The van der Waals surface area contributed by atoms with E-state index in [0.717, 1.165) is 36.1 Å². The number of carboxylic acids is 1. The zero-order valence-electron chi connectivity index (χ0n) is 12.7. The predicted molar refractivity (Wildman–Crippen MR) is 92.2 cm³/mol. The Kier molecular flexibility index (Phi) is 4.76. The Morgan fingerprint density at radius 1 is 1.17 bits per heavy atom. The molecular formula is C18H19NO3S. The molecule has 0 amide bonds. The second-order valence-corrected chi connectivity index (χ2v) is 6.88. The van der Waals surface area contributed by atoms with Crippen LogP contribution in [0.5, 0.6) is 0 Å². The molecule has 1 aromatic carbocycles. The number of hydrogen-bond acceptors (Lipinski definition) is 4. The fraction of sp³-hybridized carbons (Fsp3) is 0.333. The van der Waals surface area contributed by atoms with Crippen LogP contribution in [-0.4, -0.2) is 23.4 Å². The molecule has 0 aliphatic heterocycles. The number of rotatable bonds is 6. The Bertz CT molecular complexity index is 702. The van der Waals surface area contributed by atoms with Crippen molar-refractivity contribution in [1.29, 1.82) is 0 Å². The van der Waals surface area contributed by atoms with E-state index in [1.54, 1.807) is 0 Å². The molecule has 0 spiro atoms. The van der Waals surface area contributed by atoms with E-state index in [1.807, 2.05) is 36.4 Å². The molecule has 1 aromatic heterocycles. The number of ketones is 1. The first-order valence-electron chi connectivity index (χ1n) is 7.84. The van der Waals surface area contributed by atoms with Gasteiger partial charge in [0.15, 0.2) is 5.78 Å². The molecule has 1 fully saturated rings. The SMILES string of the molecule is O=C(O)c1sc(-c2ccccc2)cc1NCC(=O)C1CCCC1. The first kappa shape index (κ1) is 15.7. The standard InChI is InChI=1S/C18H19NO3S/c20-15(12-6-4-5-7-12)11-19-14-10-16(23-17(14)18(21)22)13-8-2-1-3-9-13/h1-3,8-10,12,19H,4-7,11H2,(H,21,22). The van der Waals surface area contributed by atoms with E-state index in [-0.39, 0.29) is 23.1 Å². The largest absolute Gasteiger partial charge is 0.477 e. The molecule has 0 atom stereocenters. The highest BCUT2D eigenvalue weighted by Gasteiger charge is 2.23. The van der Waals surface area contributed by atoms with Crippen LogP contribution in [0.3, 0.4) is 0 Å². The number of nitrogens with one attached hydrogen (secondary N) is 1. The second kappa shape index (κ2) is 6.96. The van der Waals surface area contributed by atoms with Gasteiger partial charge in [-0.3, -0.25) is 4.79 Å². The van der Waals surface area contributed by atoms with E-state index in [4.69, 9.17) is 0 Å². The van der Waals surface area contributed by atoms with Gasteiger partial charge in [-0.25, -0.2) is 4.79 Å². The summed E-state index contributed by atoms with van der Waals surface area (Å²) >= 11 is 1.23. The number of thiophene rings is 1. The first-order valence-corrected chi connectivity index (χ1v) is 8.66. The van der Waals surface area contributed by atoms with Crippen LogP contribution in [0.1, 0.15) is 35.4 Å². The Morgan fingerprint density at radius 3 is 2.52 bits per heavy atom. The molecule has 23 heavy (non-hydrogen) atoms. The van der Waals surface area contributed by atoms with Crippen LogP contribution in [0.15, 0.2) is 36.4 Å². The topological polar surface area (TPSA) is 66.4 Å². The smallest absolute Gasteiger partial charge is 0.348 e. The summed E-state index contributed by atoms with van der Waals surface area (Å²) in [4.78, 5) is 24.8. The number of carbonyl (C=O) groups is 2. The molecule has 1 aliphatic rings. The summed E-state index contributed by atoms with van der Waals surface area (Å²) in [5.74, 6) is -0.637. The van der Waals surface area contributed by atoms with Gasteiger partial charge in [-0.2, -0.15) is 0 Å². The van der Waals surface area contributed by atoms with E-state index >= 15 is 0 Å². The third-order valence-corrected chi connectivity index (χ3v) is 5.42. The molecule has 1 heterocycles. The minimum absolute atomic E-state index is 0.142. The van der Waals surface area contributed by atoms with Crippen molar-refractivity contribution in [1.82, 2.24) is 0 Å². The van der Waals surface area contributed by atoms with Gasteiger partial charge in [0.25, 0.3) is 0 Å². The predicted octanol–water partition coefficient (Wildman–Crippen LogP) is 4.28. The van der Waals surface area contributed by atoms with Crippen LogP contribution in [0.2, 0.25) is 0 Å². The summed E-state index contributed by atoms with van der Waals surface area (Å²) < 4.78 is 0. The quantitative estimate of drug-likeness (QED) is 0.830. The number of carbonyl (C=O) groups excluding carboxylic acids is 1. The zero-order valence-corrected chi connectivity index (χ0v) is 13.6.